The van der Waals surface area contributed by atoms with Gasteiger partial charge in [-0.2, -0.15) is 0 Å². The maximum atomic E-state index is 13.0. The first-order valence-corrected chi connectivity index (χ1v) is 8.86. The van der Waals surface area contributed by atoms with E-state index in [2.05, 4.69) is 5.32 Å². The van der Waals surface area contributed by atoms with E-state index in [9.17, 15) is 14.4 Å². The van der Waals surface area contributed by atoms with Crippen molar-refractivity contribution in [3.05, 3.63) is 72.5 Å². The van der Waals surface area contributed by atoms with Crippen LogP contribution in [-0.2, 0) is 18.9 Å². The van der Waals surface area contributed by atoms with E-state index in [1.165, 1.54) is 11.6 Å². The minimum Gasteiger partial charge on any atom is -0.344 e. The van der Waals surface area contributed by atoms with Gasteiger partial charge in [-0.1, -0.05) is 23.7 Å². The Balaban J connectivity index is 2.10. The van der Waals surface area contributed by atoms with Crippen molar-refractivity contribution in [2.24, 2.45) is 14.1 Å². The molecule has 2 aliphatic rings. The Morgan fingerprint density at radius 2 is 1.88 bits per heavy atom. The maximum absolute atomic E-state index is 13.0. The summed E-state index contributed by atoms with van der Waals surface area (Å²) in [4.78, 5) is 38.1. The van der Waals surface area contributed by atoms with Gasteiger partial charge in [0.25, 0.3) is 5.56 Å². The standard InChI is InChI=1S/C19H18ClN3O3/c1-22-17-16(18(25)23(2)19(22)26)14(10-5-3-6-11(20)9-10)15-12(21-17)7-4-8-13(15)24/h3,5-6,9,14,21H,4,7-8H2,1-2H3/t14-/m1/s1. The smallest absolute Gasteiger partial charge is 0.332 e. The summed E-state index contributed by atoms with van der Waals surface area (Å²) in [6.07, 6.45) is 1.92. The van der Waals surface area contributed by atoms with Gasteiger partial charge < -0.3 is 5.32 Å². The highest BCUT2D eigenvalue weighted by molar-refractivity contribution is 6.30. The predicted molar refractivity (Wildman–Crippen MR) is 99.7 cm³/mol. The van der Waals surface area contributed by atoms with Gasteiger partial charge in [0.1, 0.15) is 5.82 Å². The van der Waals surface area contributed by atoms with Crippen LogP contribution in [0.5, 0.6) is 0 Å². The van der Waals surface area contributed by atoms with Gasteiger partial charge >= 0.3 is 5.69 Å². The highest BCUT2D eigenvalue weighted by Crippen LogP contribution is 2.43. The zero-order valence-electron chi connectivity index (χ0n) is 14.5. The molecule has 7 heteroatoms. The third-order valence-electron chi connectivity index (χ3n) is 5.18. The average molecular weight is 372 g/mol. The quantitative estimate of drug-likeness (QED) is 0.834. The van der Waals surface area contributed by atoms with Crippen molar-refractivity contribution in [1.29, 1.82) is 0 Å². The molecule has 1 aliphatic carbocycles. The molecule has 2 aromatic rings. The molecule has 1 aromatic carbocycles. The molecule has 0 unspecified atom stereocenters. The molecule has 1 N–H and O–H groups in total. The van der Waals surface area contributed by atoms with Gasteiger partial charge in [-0.3, -0.25) is 18.7 Å². The van der Waals surface area contributed by atoms with Crippen molar-refractivity contribution in [1.82, 2.24) is 9.13 Å². The summed E-state index contributed by atoms with van der Waals surface area (Å²) in [5, 5.41) is 3.73. The Morgan fingerprint density at radius 3 is 2.62 bits per heavy atom. The molecule has 1 aromatic heterocycles. The number of aromatic nitrogens is 2. The number of carbonyl (C=O) groups excluding carboxylic acids is 1. The van der Waals surface area contributed by atoms with E-state index >= 15 is 0 Å². The van der Waals surface area contributed by atoms with Gasteiger partial charge in [0.2, 0.25) is 0 Å². The second-order valence-electron chi connectivity index (χ2n) is 6.75. The Labute approximate surface area is 154 Å². The molecule has 26 heavy (non-hydrogen) atoms. The van der Waals surface area contributed by atoms with Gasteiger partial charge in [0.15, 0.2) is 5.78 Å². The van der Waals surface area contributed by atoms with E-state index in [1.807, 2.05) is 6.07 Å². The molecule has 0 spiro atoms. The lowest BCUT2D eigenvalue weighted by atomic mass is 9.76. The number of halogens is 1. The number of nitrogens with zero attached hydrogens (tertiary/aromatic N) is 2. The fourth-order valence-electron chi connectivity index (χ4n) is 3.92. The molecule has 4 rings (SSSR count). The second-order valence-corrected chi connectivity index (χ2v) is 7.19. The first kappa shape index (κ1) is 16.8. The minimum absolute atomic E-state index is 0.0327. The molecule has 0 radical (unpaired) electrons. The molecule has 0 saturated carbocycles. The summed E-state index contributed by atoms with van der Waals surface area (Å²) in [5.74, 6) is -0.0416. The Morgan fingerprint density at radius 1 is 1.12 bits per heavy atom. The number of ketones is 1. The van der Waals surface area contributed by atoms with Crippen LogP contribution in [0.2, 0.25) is 5.02 Å². The Hall–Kier alpha value is -2.60. The highest BCUT2D eigenvalue weighted by Gasteiger charge is 2.38. The summed E-state index contributed by atoms with van der Waals surface area (Å²) in [6.45, 7) is 0. The predicted octanol–water partition coefficient (Wildman–Crippen LogP) is 2.30. The summed E-state index contributed by atoms with van der Waals surface area (Å²) >= 11 is 6.18. The zero-order valence-corrected chi connectivity index (χ0v) is 15.3. The molecular formula is C19H18ClN3O3. The molecular weight excluding hydrogens is 354 g/mol. The number of hydrogen-bond acceptors (Lipinski definition) is 4. The third kappa shape index (κ3) is 2.36. The van der Waals surface area contributed by atoms with Gasteiger partial charge in [0.05, 0.1) is 5.56 Å². The third-order valence-corrected chi connectivity index (χ3v) is 5.42. The molecule has 2 heterocycles. The minimum atomic E-state index is -0.529. The number of nitrogens with one attached hydrogen (secondary N) is 1. The van der Waals surface area contributed by atoms with Crippen molar-refractivity contribution in [2.45, 2.75) is 25.2 Å². The lowest BCUT2D eigenvalue weighted by Gasteiger charge is -2.34. The van der Waals surface area contributed by atoms with Gasteiger partial charge in [0, 0.05) is 42.7 Å². The SMILES string of the molecule is Cn1c2c(c(=O)n(C)c1=O)[C@H](c1cccc(Cl)c1)C1=C(CCCC1=O)N2. The normalized spacial score (nSPS) is 19.0. The van der Waals surface area contributed by atoms with Crippen LogP contribution in [0.1, 0.15) is 36.3 Å². The molecule has 1 atom stereocenters. The Kier molecular flexibility index (Phi) is 3.88. The maximum Gasteiger partial charge on any atom is 0.332 e. The van der Waals surface area contributed by atoms with Crippen LogP contribution in [0.3, 0.4) is 0 Å². The van der Waals surface area contributed by atoms with E-state index < -0.39 is 17.2 Å². The van der Waals surface area contributed by atoms with Crippen LogP contribution in [0.15, 0.2) is 45.1 Å². The summed E-state index contributed by atoms with van der Waals surface area (Å²) in [7, 11) is 3.07. The Bertz CT molecular complexity index is 1090. The van der Waals surface area contributed by atoms with Crippen LogP contribution in [0.25, 0.3) is 0 Å². The van der Waals surface area contributed by atoms with E-state index in [-0.39, 0.29) is 5.78 Å². The van der Waals surface area contributed by atoms with Gasteiger partial charge in [-0.15, -0.1) is 0 Å². The fourth-order valence-corrected chi connectivity index (χ4v) is 4.12. The largest absolute Gasteiger partial charge is 0.344 e. The molecule has 6 nitrogen and oxygen atoms in total. The molecule has 0 bridgehead atoms. The zero-order chi connectivity index (χ0) is 18.6. The van der Waals surface area contributed by atoms with Crippen LogP contribution >= 0.6 is 11.6 Å². The first-order valence-electron chi connectivity index (χ1n) is 8.48. The number of allylic oxidation sites excluding steroid dienone is 2. The molecule has 134 valence electrons. The van der Waals surface area contributed by atoms with Crippen molar-refractivity contribution in [2.75, 3.05) is 5.32 Å². The van der Waals surface area contributed by atoms with Crippen molar-refractivity contribution in [3.63, 3.8) is 0 Å². The van der Waals surface area contributed by atoms with Gasteiger partial charge in [-0.25, -0.2) is 4.79 Å². The fraction of sp³-hybridized carbons (Fsp3) is 0.316. The van der Waals surface area contributed by atoms with Crippen LogP contribution < -0.4 is 16.6 Å². The lowest BCUT2D eigenvalue weighted by Crippen LogP contribution is -2.44. The van der Waals surface area contributed by atoms with Crippen molar-refractivity contribution >= 4 is 23.2 Å². The number of hydrogen-bond donors (Lipinski definition) is 1. The summed E-state index contributed by atoms with van der Waals surface area (Å²) < 4.78 is 2.51. The number of benzene rings is 1. The molecule has 0 fully saturated rings. The summed E-state index contributed by atoms with van der Waals surface area (Å²) in [5.41, 5.74) is 1.79. The number of carbonyl (C=O) groups is 1. The van der Waals surface area contributed by atoms with Crippen LogP contribution in [0, 0.1) is 0 Å². The van der Waals surface area contributed by atoms with E-state index in [0.29, 0.717) is 34.8 Å². The highest BCUT2D eigenvalue weighted by atomic mass is 35.5. The lowest BCUT2D eigenvalue weighted by molar-refractivity contribution is -0.116. The number of Topliss-reactive ketones (excluding diaryl/α,β-unsaturated/α-hetero) is 1. The topological polar surface area (TPSA) is 73.1 Å². The second kappa shape index (κ2) is 5.99. The van der Waals surface area contributed by atoms with Crippen LogP contribution in [-0.4, -0.2) is 14.9 Å². The number of fused-ring (bicyclic) bond motifs is 1. The summed E-state index contributed by atoms with van der Waals surface area (Å²) in [6, 6.07) is 7.20. The molecule has 1 aliphatic heterocycles. The van der Waals surface area contributed by atoms with Crippen molar-refractivity contribution < 1.29 is 4.79 Å². The molecule has 0 saturated heterocycles. The van der Waals surface area contributed by atoms with Crippen molar-refractivity contribution in [3.8, 4) is 0 Å². The van der Waals surface area contributed by atoms with Gasteiger partial charge in [-0.05, 0) is 30.5 Å². The van der Waals surface area contributed by atoms with E-state index in [4.69, 9.17) is 11.6 Å². The van der Waals surface area contributed by atoms with E-state index in [1.54, 1.807) is 25.2 Å². The monoisotopic (exact) mass is 371 g/mol. The number of rotatable bonds is 1. The first-order chi connectivity index (χ1) is 12.4. The van der Waals surface area contributed by atoms with E-state index in [0.717, 1.165) is 22.2 Å². The molecule has 0 amide bonds. The van der Waals surface area contributed by atoms with Crippen LogP contribution in [0.4, 0.5) is 5.82 Å². The number of anilines is 1. The average Bonchev–Trinajstić information content (AvgIpc) is 2.63.